The van der Waals surface area contributed by atoms with Crippen molar-refractivity contribution in [2.45, 2.75) is 81.7 Å². The highest BCUT2D eigenvalue weighted by Gasteiger charge is 2.29. The van der Waals surface area contributed by atoms with Gasteiger partial charge in [0.15, 0.2) is 0 Å². The average Bonchev–Trinajstić information content (AvgIpc) is 2.15. The molecule has 2 saturated carbocycles. The van der Waals surface area contributed by atoms with Gasteiger partial charge in [-0.15, -0.1) is 0 Å². The molecule has 2 aliphatic carbocycles. The zero-order chi connectivity index (χ0) is 11.4. The first-order valence-electron chi connectivity index (χ1n) is 7.07. The summed E-state index contributed by atoms with van der Waals surface area (Å²) in [5.41, 5.74) is 0. The van der Waals surface area contributed by atoms with Crippen molar-refractivity contribution in [2.75, 3.05) is 0 Å². The van der Waals surface area contributed by atoms with Gasteiger partial charge in [-0.3, -0.25) is 0 Å². The molecule has 1 nitrogen and oxygen atoms in total. The third-order valence-corrected chi connectivity index (χ3v) is 5.37. The average molecular weight is 289 g/mol. The molecule has 0 heterocycles. The second-order valence-corrected chi connectivity index (χ2v) is 6.75. The first-order chi connectivity index (χ1) is 7.77. The summed E-state index contributed by atoms with van der Waals surface area (Å²) in [5.74, 6) is 0.852. The van der Waals surface area contributed by atoms with Crippen LogP contribution in [-0.2, 0) is 4.74 Å². The van der Waals surface area contributed by atoms with E-state index in [4.69, 9.17) is 4.74 Å². The number of halogens is 1. The maximum Gasteiger partial charge on any atom is 0.0703 e. The molecule has 0 saturated heterocycles. The van der Waals surface area contributed by atoms with E-state index in [2.05, 4.69) is 22.9 Å². The fourth-order valence-electron chi connectivity index (χ4n) is 2.85. The minimum atomic E-state index is 0.468. The van der Waals surface area contributed by atoms with Crippen LogP contribution in [-0.4, -0.2) is 17.0 Å². The monoisotopic (exact) mass is 288 g/mol. The Bertz CT molecular complexity index is 203. The van der Waals surface area contributed by atoms with Crippen LogP contribution in [0.15, 0.2) is 0 Å². The normalized spacial score (nSPS) is 34.9. The second-order valence-electron chi connectivity index (χ2n) is 5.58. The predicted octanol–water partition coefficient (Wildman–Crippen LogP) is 4.68. The minimum absolute atomic E-state index is 0.468. The maximum atomic E-state index is 6.30. The molecule has 3 unspecified atom stereocenters. The molecule has 0 aliphatic heterocycles. The Hall–Kier alpha value is 0.440. The van der Waals surface area contributed by atoms with Crippen molar-refractivity contribution in [3.05, 3.63) is 0 Å². The van der Waals surface area contributed by atoms with Crippen molar-refractivity contribution < 1.29 is 4.74 Å². The highest BCUT2D eigenvalue weighted by Crippen LogP contribution is 2.34. The van der Waals surface area contributed by atoms with Gasteiger partial charge in [-0.1, -0.05) is 48.0 Å². The molecular weight excluding hydrogens is 264 g/mol. The Morgan fingerprint density at radius 2 is 1.62 bits per heavy atom. The SMILES string of the molecule is CC(OC1CCCCCCC1Br)C1CCC1. The van der Waals surface area contributed by atoms with Crippen LogP contribution in [0.3, 0.4) is 0 Å². The molecule has 0 spiro atoms. The number of alkyl halides is 1. The van der Waals surface area contributed by atoms with Gasteiger partial charge in [0.05, 0.1) is 12.2 Å². The maximum absolute atomic E-state index is 6.30. The van der Waals surface area contributed by atoms with Crippen LogP contribution in [0, 0.1) is 5.92 Å². The Morgan fingerprint density at radius 3 is 2.25 bits per heavy atom. The van der Waals surface area contributed by atoms with E-state index in [1.807, 2.05) is 0 Å². The third kappa shape index (κ3) is 3.46. The van der Waals surface area contributed by atoms with E-state index in [1.165, 1.54) is 57.8 Å². The van der Waals surface area contributed by atoms with E-state index in [-0.39, 0.29) is 0 Å². The van der Waals surface area contributed by atoms with Crippen molar-refractivity contribution in [3.63, 3.8) is 0 Å². The van der Waals surface area contributed by atoms with Crippen LogP contribution in [0.4, 0.5) is 0 Å². The smallest absolute Gasteiger partial charge is 0.0703 e. The lowest BCUT2D eigenvalue weighted by atomic mass is 9.81. The standard InChI is InChI=1S/C14H25BrO/c1-11(12-7-6-8-12)16-14-10-5-3-2-4-9-13(14)15/h11-14H,2-10H2,1H3. The van der Waals surface area contributed by atoms with Crippen LogP contribution in [0.2, 0.25) is 0 Å². The summed E-state index contributed by atoms with van der Waals surface area (Å²) in [6, 6.07) is 0. The summed E-state index contributed by atoms with van der Waals surface area (Å²) in [6.45, 7) is 2.28. The molecule has 0 aromatic heterocycles. The third-order valence-electron chi connectivity index (χ3n) is 4.33. The van der Waals surface area contributed by atoms with Crippen LogP contribution < -0.4 is 0 Å². The fraction of sp³-hybridized carbons (Fsp3) is 1.00. The van der Waals surface area contributed by atoms with Gasteiger partial charge in [0, 0.05) is 4.83 Å². The van der Waals surface area contributed by atoms with Crippen molar-refractivity contribution in [3.8, 4) is 0 Å². The molecule has 0 bridgehead atoms. The largest absolute Gasteiger partial charge is 0.374 e. The first kappa shape index (κ1) is 12.9. The van der Waals surface area contributed by atoms with Gasteiger partial charge in [-0.2, -0.15) is 0 Å². The minimum Gasteiger partial charge on any atom is -0.374 e. The van der Waals surface area contributed by atoms with Gasteiger partial charge < -0.3 is 4.74 Å². The van der Waals surface area contributed by atoms with E-state index < -0.39 is 0 Å². The Labute approximate surface area is 108 Å². The Morgan fingerprint density at radius 1 is 0.938 bits per heavy atom. The van der Waals surface area contributed by atoms with E-state index in [9.17, 15) is 0 Å². The fourth-order valence-corrected chi connectivity index (χ4v) is 3.57. The lowest BCUT2D eigenvalue weighted by molar-refractivity contribution is -0.0564. The number of rotatable bonds is 3. The zero-order valence-corrected chi connectivity index (χ0v) is 12.0. The van der Waals surface area contributed by atoms with Crippen molar-refractivity contribution >= 4 is 15.9 Å². The molecule has 0 N–H and O–H groups in total. The van der Waals surface area contributed by atoms with Crippen molar-refractivity contribution in [1.29, 1.82) is 0 Å². The van der Waals surface area contributed by atoms with Crippen LogP contribution in [0.5, 0.6) is 0 Å². The summed E-state index contributed by atoms with van der Waals surface area (Å²) in [7, 11) is 0. The molecule has 0 aromatic carbocycles. The molecular formula is C14H25BrO. The van der Waals surface area contributed by atoms with Crippen LogP contribution in [0.25, 0.3) is 0 Å². The molecule has 2 aliphatic rings. The first-order valence-corrected chi connectivity index (χ1v) is 7.98. The van der Waals surface area contributed by atoms with Crippen LogP contribution >= 0.6 is 15.9 Å². The lowest BCUT2D eigenvalue weighted by Gasteiger charge is -2.36. The predicted molar refractivity (Wildman–Crippen MR) is 72.1 cm³/mol. The summed E-state index contributed by atoms with van der Waals surface area (Å²) in [6.07, 6.45) is 13.2. The lowest BCUT2D eigenvalue weighted by Crippen LogP contribution is -2.35. The van der Waals surface area contributed by atoms with E-state index in [1.54, 1.807) is 0 Å². The second kappa shape index (κ2) is 6.39. The summed E-state index contributed by atoms with van der Waals surface area (Å²) in [5, 5.41) is 0. The summed E-state index contributed by atoms with van der Waals surface area (Å²) in [4.78, 5) is 0.593. The summed E-state index contributed by atoms with van der Waals surface area (Å²) >= 11 is 3.83. The van der Waals surface area contributed by atoms with E-state index in [0.29, 0.717) is 17.0 Å². The molecule has 0 amide bonds. The highest BCUT2D eigenvalue weighted by molar-refractivity contribution is 9.09. The number of hydrogen-bond acceptors (Lipinski definition) is 1. The van der Waals surface area contributed by atoms with Gasteiger partial charge >= 0.3 is 0 Å². The Balaban J connectivity index is 1.79. The van der Waals surface area contributed by atoms with Crippen molar-refractivity contribution in [2.24, 2.45) is 5.92 Å². The Kier molecular flexibility index (Phi) is 5.15. The summed E-state index contributed by atoms with van der Waals surface area (Å²) < 4.78 is 6.30. The van der Waals surface area contributed by atoms with Crippen molar-refractivity contribution in [1.82, 2.24) is 0 Å². The molecule has 2 heteroatoms. The zero-order valence-electron chi connectivity index (χ0n) is 10.5. The number of hydrogen-bond donors (Lipinski definition) is 0. The molecule has 0 radical (unpaired) electrons. The molecule has 3 atom stereocenters. The van der Waals surface area contributed by atoms with Gasteiger partial charge in [0.25, 0.3) is 0 Å². The highest BCUT2D eigenvalue weighted by atomic mass is 79.9. The van der Waals surface area contributed by atoms with Gasteiger partial charge in [0.1, 0.15) is 0 Å². The molecule has 2 rings (SSSR count). The number of ether oxygens (including phenoxy) is 1. The quantitative estimate of drug-likeness (QED) is 0.686. The van der Waals surface area contributed by atoms with Crippen LogP contribution in [0.1, 0.15) is 64.7 Å². The van der Waals surface area contributed by atoms with Gasteiger partial charge in [-0.05, 0) is 38.5 Å². The molecule has 94 valence electrons. The van der Waals surface area contributed by atoms with E-state index >= 15 is 0 Å². The van der Waals surface area contributed by atoms with Gasteiger partial charge in [-0.25, -0.2) is 0 Å². The van der Waals surface area contributed by atoms with E-state index in [0.717, 1.165) is 5.92 Å². The molecule has 16 heavy (non-hydrogen) atoms. The topological polar surface area (TPSA) is 9.23 Å². The molecule has 0 aromatic rings. The van der Waals surface area contributed by atoms with Gasteiger partial charge in [0.2, 0.25) is 0 Å². The molecule has 2 fully saturated rings.